The lowest BCUT2D eigenvalue weighted by Crippen LogP contribution is -2.33. The smallest absolute Gasteiger partial charge is 0.311 e. The number of methoxy groups -OCH3 is 2. The molecule has 2 rings (SSSR count). The van der Waals surface area contributed by atoms with Crippen molar-refractivity contribution in [3.05, 3.63) is 18.2 Å². The van der Waals surface area contributed by atoms with Crippen LogP contribution in [0.5, 0.6) is 11.5 Å². The van der Waals surface area contributed by atoms with Gasteiger partial charge in [0.2, 0.25) is 5.91 Å². The SMILES string of the molecule is COc1ccc(N2C[C@@H](C(=O)OCC(=O)NCC(C)C)CC2=O)c(OC)c1. The number of amides is 2. The van der Waals surface area contributed by atoms with Crippen molar-refractivity contribution >= 4 is 23.5 Å². The Morgan fingerprint density at radius 2 is 2.00 bits per heavy atom. The second-order valence-corrected chi connectivity index (χ2v) is 6.75. The third kappa shape index (κ3) is 5.35. The molecular formula is C19H26N2O6. The maximum atomic E-state index is 12.4. The molecule has 2 amide bonds. The summed E-state index contributed by atoms with van der Waals surface area (Å²) in [7, 11) is 3.04. The molecule has 1 aliphatic rings. The zero-order valence-corrected chi connectivity index (χ0v) is 16.1. The molecule has 0 radical (unpaired) electrons. The predicted molar refractivity (Wildman–Crippen MR) is 98.8 cm³/mol. The Morgan fingerprint density at radius 1 is 1.26 bits per heavy atom. The number of benzene rings is 1. The summed E-state index contributed by atoms with van der Waals surface area (Å²) in [5.41, 5.74) is 0.563. The number of esters is 1. The van der Waals surface area contributed by atoms with E-state index in [-0.39, 0.29) is 31.4 Å². The fraction of sp³-hybridized carbons (Fsp3) is 0.526. The Balaban J connectivity index is 1.97. The number of hydrogen-bond acceptors (Lipinski definition) is 6. The fourth-order valence-corrected chi connectivity index (χ4v) is 2.73. The summed E-state index contributed by atoms with van der Waals surface area (Å²) in [6.45, 7) is 4.29. The number of carbonyl (C=O) groups excluding carboxylic acids is 3. The van der Waals surface area contributed by atoms with Gasteiger partial charge in [-0.15, -0.1) is 0 Å². The number of anilines is 1. The van der Waals surface area contributed by atoms with Crippen molar-refractivity contribution in [3.8, 4) is 11.5 Å². The molecule has 0 aliphatic carbocycles. The maximum absolute atomic E-state index is 12.4. The van der Waals surface area contributed by atoms with Crippen LogP contribution in [-0.4, -0.2) is 51.7 Å². The van der Waals surface area contributed by atoms with Crippen LogP contribution in [0.25, 0.3) is 0 Å². The molecule has 0 saturated carbocycles. The van der Waals surface area contributed by atoms with Gasteiger partial charge in [-0.3, -0.25) is 14.4 Å². The number of ether oxygens (including phenoxy) is 3. The van der Waals surface area contributed by atoms with E-state index in [1.807, 2.05) is 13.8 Å². The summed E-state index contributed by atoms with van der Waals surface area (Å²) in [5.74, 6) is -0.347. The van der Waals surface area contributed by atoms with Crippen LogP contribution in [0, 0.1) is 11.8 Å². The Bertz CT molecular complexity index is 703. The highest BCUT2D eigenvalue weighted by molar-refractivity contribution is 6.00. The van der Waals surface area contributed by atoms with Gasteiger partial charge in [-0.1, -0.05) is 13.8 Å². The van der Waals surface area contributed by atoms with E-state index in [1.165, 1.54) is 12.0 Å². The van der Waals surface area contributed by atoms with E-state index in [0.29, 0.717) is 29.6 Å². The molecule has 1 saturated heterocycles. The third-order valence-electron chi connectivity index (χ3n) is 4.19. The third-order valence-corrected chi connectivity index (χ3v) is 4.19. The van der Waals surface area contributed by atoms with Gasteiger partial charge in [0, 0.05) is 25.6 Å². The van der Waals surface area contributed by atoms with Crippen LogP contribution in [0.15, 0.2) is 18.2 Å². The predicted octanol–water partition coefficient (Wildman–Crippen LogP) is 1.37. The molecule has 0 aromatic heterocycles. The molecule has 27 heavy (non-hydrogen) atoms. The molecule has 148 valence electrons. The maximum Gasteiger partial charge on any atom is 0.311 e. The number of rotatable bonds is 8. The van der Waals surface area contributed by atoms with Crippen molar-refractivity contribution in [1.29, 1.82) is 0 Å². The van der Waals surface area contributed by atoms with Crippen LogP contribution < -0.4 is 19.7 Å². The van der Waals surface area contributed by atoms with Crippen molar-refractivity contribution in [3.63, 3.8) is 0 Å². The van der Waals surface area contributed by atoms with Crippen LogP contribution in [-0.2, 0) is 19.1 Å². The number of hydrogen-bond donors (Lipinski definition) is 1. The first-order chi connectivity index (χ1) is 12.8. The quantitative estimate of drug-likeness (QED) is 0.687. The lowest BCUT2D eigenvalue weighted by molar-refractivity contribution is -0.152. The van der Waals surface area contributed by atoms with Crippen LogP contribution in [0.1, 0.15) is 20.3 Å². The molecular weight excluding hydrogens is 352 g/mol. The summed E-state index contributed by atoms with van der Waals surface area (Å²) in [6.07, 6.45) is 0.0294. The Labute approximate surface area is 158 Å². The first-order valence-corrected chi connectivity index (χ1v) is 8.81. The molecule has 1 aromatic rings. The van der Waals surface area contributed by atoms with Gasteiger partial charge < -0.3 is 24.4 Å². The topological polar surface area (TPSA) is 94.2 Å². The minimum absolute atomic E-state index is 0.0294. The largest absolute Gasteiger partial charge is 0.497 e. The summed E-state index contributed by atoms with van der Waals surface area (Å²) in [5, 5.41) is 2.68. The van der Waals surface area contributed by atoms with Gasteiger partial charge in [0.25, 0.3) is 5.91 Å². The van der Waals surface area contributed by atoms with Crippen LogP contribution in [0.3, 0.4) is 0 Å². The van der Waals surface area contributed by atoms with Gasteiger partial charge >= 0.3 is 5.97 Å². The molecule has 1 fully saturated rings. The molecule has 0 bridgehead atoms. The molecule has 0 spiro atoms. The first-order valence-electron chi connectivity index (χ1n) is 8.81. The Hall–Kier alpha value is -2.77. The first kappa shape index (κ1) is 20.5. The second kappa shape index (κ2) is 9.25. The fourth-order valence-electron chi connectivity index (χ4n) is 2.73. The van der Waals surface area contributed by atoms with Crippen LogP contribution in [0.4, 0.5) is 5.69 Å². The monoisotopic (exact) mass is 378 g/mol. The number of nitrogens with one attached hydrogen (secondary N) is 1. The van der Waals surface area contributed by atoms with Gasteiger partial charge in [-0.25, -0.2) is 0 Å². The minimum Gasteiger partial charge on any atom is -0.497 e. The Morgan fingerprint density at radius 3 is 2.63 bits per heavy atom. The van der Waals surface area contributed by atoms with E-state index in [9.17, 15) is 14.4 Å². The van der Waals surface area contributed by atoms with Gasteiger partial charge in [0.1, 0.15) is 11.5 Å². The summed E-state index contributed by atoms with van der Waals surface area (Å²) in [4.78, 5) is 37.8. The lowest BCUT2D eigenvalue weighted by atomic mass is 10.1. The van der Waals surface area contributed by atoms with Crippen molar-refractivity contribution in [2.45, 2.75) is 20.3 Å². The summed E-state index contributed by atoms with van der Waals surface area (Å²) >= 11 is 0. The van der Waals surface area contributed by atoms with E-state index in [0.717, 1.165) is 0 Å². The van der Waals surface area contributed by atoms with E-state index in [1.54, 1.807) is 25.3 Å². The molecule has 0 unspecified atom stereocenters. The van der Waals surface area contributed by atoms with Crippen molar-refractivity contribution in [2.24, 2.45) is 11.8 Å². The highest BCUT2D eigenvalue weighted by atomic mass is 16.5. The van der Waals surface area contributed by atoms with Crippen LogP contribution in [0.2, 0.25) is 0 Å². The second-order valence-electron chi connectivity index (χ2n) is 6.75. The van der Waals surface area contributed by atoms with Crippen molar-refractivity contribution in [1.82, 2.24) is 5.32 Å². The van der Waals surface area contributed by atoms with Crippen molar-refractivity contribution < 1.29 is 28.6 Å². The molecule has 1 N–H and O–H groups in total. The van der Waals surface area contributed by atoms with E-state index in [4.69, 9.17) is 14.2 Å². The Kier molecular flexibility index (Phi) is 7.04. The highest BCUT2D eigenvalue weighted by Gasteiger charge is 2.37. The molecule has 8 heteroatoms. The van der Waals surface area contributed by atoms with E-state index in [2.05, 4.69) is 5.32 Å². The van der Waals surface area contributed by atoms with E-state index >= 15 is 0 Å². The minimum atomic E-state index is -0.623. The standard InChI is InChI=1S/C19H26N2O6/c1-12(2)9-20-17(22)11-27-19(24)13-7-18(23)21(10-13)15-6-5-14(25-3)8-16(15)26-4/h5-6,8,12-13H,7,9-11H2,1-4H3,(H,20,22)/t13-/m0/s1. The summed E-state index contributed by atoms with van der Waals surface area (Å²) in [6, 6.07) is 5.10. The van der Waals surface area contributed by atoms with E-state index < -0.39 is 11.9 Å². The highest BCUT2D eigenvalue weighted by Crippen LogP contribution is 2.35. The number of carbonyl (C=O) groups is 3. The van der Waals surface area contributed by atoms with Crippen molar-refractivity contribution in [2.75, 3.05) is 38.8 Å². The summed E-state index contributed by atoms with van der Waals surface area (Å²) < 4.78 is 15.5. The molecule has 1 aliphatic heterocycles. The molecule has 1 aromatic carbocycles. The zero-order valence-electron chi connectivity index (χ0n) is 16.1. The normalized spacial score (nSPS) is 16.4. The molecule has 8 nitrogen and oxygen atoms in total. The van der Waals surface area contributed by atoms with Gasteiger partial charge in [-0.2, -0.15) is 0 Å². The zero-order chi connectivity index (χ0) is 20.0. The average molecular weight is 378 g/mol. The molecule has 1 atom stereocenters. The van der Waals surface area contributed by atoms with Gasteiger partial charge in [0.05, 0.1) is 25.8 Å². The average Bonchev–Trinajstić information content (AvgIpc) is 3.05. The van der Waals surface area contributed by atoms with Crippen LogP contribution >= 0.6 is 0 Å². The lowest BCUT2D eigenvalue weighted by Gasteiger charge is -2.20. The number of nitrogens with zero attached hydrogens (tertiary/aromatic N) is 1. The van der Waals surface area contributed by atoms with Gasteiger partial charge in [0.15, 0.2) is 6.61 Å². The van der Waals surface area contributed by atoms with Gasteiger partial charge in [-0.05, 0) is 18.1 Å². The molecule has 1 heterocycles.